The van der Waals surface area contributed by atoms with Crippen LogP contribution in [0, 0.1) is 52.3 Å². The smallest absolute Gasteiger partial charge is 0.240 e. The first kappa shape index (κ1) is 28.6. The minimum absolute atomic E-state index is 0.200. The van der Waals surface area contributed by atoms with Crippen molar-refractivity contribution in [2.45, 2.75) is 109 Å². The number of nitrogens with one attached hydrogen (secondary N) is 1. The molecule has 4 aliphatic carbocycles. The molecule has 0 amide bonds. The summed E-state index contributed by atoms with van der Waals surface area (Å²) in [6.45, 7) is 10.1. The second-order valence-corrected chi connectivity index (χ2v) is 15.7. The zero-order chi connectivity index (χ0) is 27.3. The molecule has 1 aromatic rings. The zero-order valence-electron chi connectivity index (χ0n) is 24.0. The van der Waals surface area contributed by atoms with Gasteiger partial charge in [-0.2, -0.15) is 0 Å². The minimum Gasteiger partial charge on any atom is -0.393 e. The van der Waals surface area contributed by atoms with E-state index in [1.807, 2.05) is 6.07 Å². The van der Waals surface area contributed by atoms with E-state index in [2.05, 4.69) is 32.4 Å². The topological polar surface area (TPSA) is 86.6 Å². The Kier molecular flexibility index (Phi) is 8.12. The largest absolute Gasteiger partial charge is 0.393 e. The quantitative estimate of drug-likeness (QED) is 0.349. The molecule has 5 rings (SSSR count). The Bertz CT molecular complexity index is 1060. The van der Waals surface area contributed by atoms with Gasteiger partial charge in [0.15, 0.2) is 0 Å². The lowest BCUT2D eigenvalue weighted by atomic mass is 9.41. The first-order chi connectivity index (χ1) is 18.0. The lowest BCUT2D eigenvalue weighted by Gasteiger charge is -2.64. The van der Waals surface area contributed by atoms with Crippen LogP contribution in [-0.4, -0.2) is 37.4 Å². The van der Waals surface area contributed by atoms with Gasteiger partial charge in [0.1, 0.15) is 0 Å². The van der Waals surface area contributed by atoms with E-state index in [0.717, 1.165) is 38.5 Å². The summed E-state index contributed by atoms with van der Waals surface area (Å²) in [5.74, 6) is 3.42. The van der Waals surface area contributed by atoms with Crippen molar-refractivity contribution >= 4 is 10.0 Å². The normalized spacial score (nSPS) is 43.6. The SMILES string of the molecule is CC[C@@H]1C2C[C@H](O)CCC2(C)C2CCC3(C)C(CCC3[C@H](C)CCCNS(=O)(=O)c3ccccc3)C2[C@@H]1O. The van der Waals surface area contributed by atoms with E-state index in [4.69, 9.17) is 0 Å². The van der Waals surface area contributed by atoms with Crippen LogP contribution in [0.4, 0.5) is 0 Å². The van der Waals surface area contributed by atoms with Crippen LogP contribution in [0.15, 0.2) is 35.2 Å². The lowest BCUT2D eigenvalue weighted by Crippen LogP contribution is -2.62. The van der Waals surface area contributed by atoms with Crippen LogP contribution in [0.25, 0.3) is 0 Å². The Hall–Kier alpha value is -0.950. The van der Waals surface area contributed by atoms with E-state index in [-0.39, 0.29) is 23.0 Å². The lowest BCUT2D eigenvalue weighted by molar-refractivity contribution is -0.203. The summed E-state index contributed by atoms with van der Waals surface area (Å²) >= 11 is 0. The molecule has 0 saturated heterocycles. The van der Waals surface area contributed by atoms with Crippen molar-refractivity contribution in [1.29, 1.82) is 0 Å². The fourth-order valence-corrected chi connectivity index (χ4v) is 11.5. The van der Waals surface area contributed by atoms with Crippen LogP contribution >= 0.6 is 0 Å². The fraction of sp³-hybridized carbons (Fsp3) is 0.812. The monoisotopic (exact) mass is 545 g/mol. The van der Waals surface area contributed by atoms with Gasteiger partial charge in [-0.15, -0.1) is 0 Å². The maximum Gasteiger partial charge on any atom is 0.240 e. The number of aliphatic hydroxyl groups excluding tert-OH is 2. The Morgan fingerprint density at radius 2 is 1.66 bits per heavy atom. The third kappa shape index (κ3) is 4.80. The van der Waals surface area contributed by atoms with Gasteiger partial charge in [0, 0.05) is 6.54 Å². The number of sulfonamides is 1. The van der Waals surface area contributed by atoms with Gasteiger partial charge in [-0.1, -0.05) is 52.3 Å². The molecular weight excluding hydrogens is 494 g/mol. The highest BCUT2D eigenvalue weighted by Crippen LogP contribution is 2.69. The summed E-state index contributed by atoms with van der Waals surface area (Å²) in [4.78, 5) is 0.329. The summed E-state index contributed by atoms with van der Waals surface area (Å²) in [7, 11) is -3.45. The van der Waals surface area contributed by atoms with E-state index in [1.165, 1.54) is 25.7 Å². The molecule has 214 valence electrons. The third-order valence-electron chi connectivity index (χ3n) is 12.3. The van der Waals surface area contributed by atoms with Gasteiger partial charge in [-0.05, 0) is 122 Å². The van der Waals surface area contributed by atoms with Gasteiger partial charge in [-0.3, -0.25) is 0 Å². The molecule has 6 heteroatoms. The summed E-state index contributed by atoms with van der Waals surface area (Å²) in [5, 5.41) is 22.4. The highest BCUT2D eigenvalue weighted by atomic mass is 32.2. The standard InChI is InChI=1S/C32H51NO4S/c1-5-24-28-20-22(34)15-17-32(28,4)27-16-18-31(3)25(13-14-26(31)29(27)30(24)35)21(2)10-9-19-33-38(36,37)23-11-7-6-8-12-23/h6-8,11-12,21-22,24-30,33-35H,5,9-10,13-20H2,1-4H3/t21-,22-,24-,25?,26?,27?,28?,29?,30-,31?,32?/m1/s1. The first-order valence-electron chi connectivity index (χ1n) is 15.4. The number of benzene rings is 1. The molecule has 4 fully saturated rings. The molecule has 11 atom stereocenters. The number of hydrogen-bond acceptors (Lipinski definition) is 4. The highest BCUT2D eigenvalue weighted by Gasteiger charge is 2.64. The maximum atomic E-state index is 12.6. The maximum absolute atomic E-state index is 12.6. The second kappa shape index (κ2) is 10.8. The summed E-state index contributed by atoms with van der Waals surface area (Å²) < 4.78 is 28.0. The first-order valence-corrected chi connectivity index (χ1v) is 16.9. The van der Waals surface area contributed by atoms with E-state index < -0.39 is 10.0 Å². The van der Waals surface area contributed by atoms with Crippen LogP contribution in [0.5, 0.6) is 0 Å². The molecule has 38 heavy (non-hydrogen) atoms. The average Bonchev–Trinajstić information content (AvgIpc) is 3.25. The molecule has 5 nitrogen and oxygen atoms in total. The number of fused-ring (bicyclic) bond motifs is 5. The predicted molar refractivity (Wildman–Crippen MR) is 152 cm³/mol. The summed E-state index contributed by atoms with van der Waals surface area (Å²) in [6, 6.07) is 8.62. The van der Waals surface area contributed by atoms with Crippen molar-refractivity contribution in [1.82, 2.24) is 4.72 Å². The molecule has 0 bridgehead atoms. The number of rotatable bonds is 8. The van der Waals surface area contributed by atoms with Crippen LogP contribution in [0.1, 0.15) is 91.9 Å². The fourth-order valence-electron chi connectivity index (χ4n) is 10.4. The molecule has 4 saturated carbocycles. The van der Waals surface area contributed by atoms with Crippen molar-refractivity contribution in [2.24, 2.45) is 52.3 Å². The predicted octanol–water partition coefficient (Wildman–Crippen LogP) is 6.01. The molecule has 0 aromatic heterocycles. The van der Waals surface area contributed by atoms with E-state index in [1.54, 1.807) is 24.3 Å². The Morgan fingerprint density at radius 3 is 2.37 bits per heavy atom. The van der Waals surface area contributed by atoms with Gasteiger partial charge in [0.05, 0.1) is 17.1 Å². The Morgan fingerprint density at radius 1 is 0.974 bits per heavy atom. The molecule has 7 unspecified atom stereocenters. The van der Waals surface area contributed by atoms with Crippen molar-refractivity contribution in [3.63, 3.8) is 0 Å². The molecule has 0 heterocycles. The minimum atomic E-state index is -3.45. The number of aliphatic hydroxyl groups is 2. The molecule has 0 spiro atoms. The van der Waals surface area contributed by atoms with Gasteiger partial charge >= 0.3 is 0 Å². The van der Waals surface area contributed by atoms with Gasteiger partial charge in [-0.25, -0.2) is 13.1 Å². The molecule has 0 radical (unpaired) electrons. The molecular formula is C32H51NO4S. The van der Waals surface area contributed by atoms with Gasteiger partial charge in [0.2, 0.25) is 10.0 Å². The van der Waals surface area contributed by atoms with Crippen LogP contribution in [0.3, 0.4) is 0 Å². The van der Waals surface area contributed by atoms with E-state index >= 15 is 0 Å². The Labute approximate surface area is 231 Å². The Balaban J connectivity index is 1.25. The van der Waals surface area contributed by atoms with Crippen molar-refractivity contribution < 1.29 is 18.6 Å². The molecule has 1 aromatic carbocycles. The number of hydrogen-bond donors (Lipinski definition) is 3. The van der Waals surface area contributed by atoms with E-state index in [9.17, 15) is 18.6 Å². The highest BCUT2D eigenvalue weighted by molar-refractivity contribution is 7.89. The van der Waals surface area contributed by atoms with E-state index in [0.29, 0.717) is 52.9 Å². The zero-order valence-corrected chi connectivity index (χ0v) is 24.8. The van der Waals surface area contributed by atoms with Crippen molar-refractivity contribution in [2.75, 3.05) is 6.54 Å². The van der Waals surface area contributed by atoms with Crippen molar-refractivity contribution in [3.8, 4) is 0 Å². The molecule has 4 aliphatic rings. The summed E-state index contributed by atoms with van der Waals surface area (Å²) in [5.41, 5.74) is 0.492. The second-order valence-electron chi connectivity index (χ2n) is 14.0. The molecule has 3 N–H and O–H groups in total. The van der Waals surface area contributed by atoms with Crippen LogP contribution < -0.4 is 4.72 Å². The summed E-state index contributed by atoms with van der Waals surface area (Å²) in [6.07, 6.45) is 10.2. The molecule has 0 aliphatic heterocycles. The van der Waals surface area contributed by atoms with Gasteiger partial charge in [0.25, 0.3) is 0 Å². The van der Waals surface area contributed by atoms with Crippen molar-refractivity contribution in [3.05, 3.63) is 30.3 Å². The van der Waals surface area contributed by atoms with Gasteiger partial charge < -0.3 is 10.2 Å². The van der Waals surface area contributed by atoms with Crippen LogP contribution in [0.2, 0.25) is 0 Å². The third-order valence-corrected chi connectivity index (χ3v) is 13.8. The average molecular weight is 546 g/mol. The van der Waals surface area contributed by atoms with Crippen LogP contribution in [-0.2, 0) is 10.0 Å².